The predicted octanol–water partition coefficient (Wildman–Crippen LogP) is 3.74. The van der Waals surface area contributed by atoms with Gasteiger partial charge in [0.2, 0.25) is 11.8 Å². The third kappa shape index (κ3) is 5.64. The molecule has 0 spiro atoms. The van der Waals surface area contributed by atoms with Gasteiger partial charge >= 0.3 is 0 Å². The van der Waals surface area contributed by atoms with E-state index in [0.29, 0.717) is 34.2 Å². The standard InChI is InChI=1S/C27H27N3O6S/c1-17(31)28-19-7-9-20(10-8-19)30-25(32)16-21(26(30)33)29(27(34)24-5-4-14-37-24)13-12-18-6-11-22(35-2)23(15-18)36-3/h4-11,14-15,21H,12-13,16H2,1-3H3,(H,28,31). The monoisotopic (exact) mass is 521 g/mol. The molecular weight excluding hydrogens is 494 g/mol. The molecule has 1 saturated heterocycles. The smallest absolute Gasteiger partial charge is 0.264 e. The summed E-state index contributed by atoms with van der Waals surface area (Å²) in [4.78, 5) is 54.3. The lowest BCUT2D eigenvalue weighted by molar-refractivity contribution is -0.122. The quantitative estimate of drug-likeness (QED) is 0.430. The molecule has 37 heavy (non-hydrogen) atoms. The van der Waals surface area contributed by atoms with E-state index in [2.05, 4.69) is 5.32 Å². The number of benzene rings is 2. The number of rotatable bonds is 9. The van der Waals surface area contributed by atoms with Gasteiger partial charge in [-0.1, -0.05) is 12.1 Å². The second-order valence-electron chi connectivity index (χ2n) is 8.43. The first-order valence-corrected chi connectivity index (χ1v) is 12.5. The summed E-state index contributed by atoms with van der Waals surface area (Å²) in [7, 11) is 3.11. The summed E-state index contributed by atoms with van der Waals surface area (Å²) >= 11 is 1.28. The minimum Gasteiger partial charge on any atom is -0.493 e. The maximum atomic E-state index is 13.5. The fraction of sp³-hybridized carbons (Fsp3) is 0.259. The Morgan fingerprint density at radius 2 is 1.78 bits per heavy atom. The van der Waals surface area contributed by atoms with Crippen molar-refractivity contribution in [3.63, 3.8) is 0 Å². The summed E-state index contributed by atoms with van der Waals surface area (Å²) in [6, 6.07) is 14.5. The van der Waals surface area contributed by atoms with Crippen LogP contribution in [0.15, 0.2) is 60.0 Å². The fourth-order valence-corrected chi connectivity index (χ4v) is 4.93. The van der Waals surface area contributed by atoms with Crippen LogP contribution < -0.4 is 19.7 Å². The van der Waals surface area contributed by atoms with Gasteiger partial charge in [-0.3, -0.25) is 19.2 Å². The van der Waals surface area contributed by atoms with Crippen LogP contribution in [0.2, 0.25) is 0 Å². The number of ether oxygens (including phenoxy) is 2. The van der Waals surface area contributed by atoms with Crippen molar-refractivity contribution < 1.29 is 28.7 Å². The number of carbonyl (C=O) groups excluding carboxylic acids is 4. The van der Waals surface area contributed by atoms with Gasteiger partial charge in [-0.15, -0.1) is 11.3 Å². The zero-order valence-electron chi connectivity index (χ0n) is 20.7. The summed E-state index contributed by atoms with van der Waals surface area (Å²) in [6.07, 6.45) is 0.330. The number of imide groups is 1. The highest BCUT2D eigenvalue weighted by molar-refractivity contribution is 7.12. The van der Waals surface area contributed by atoms with E-state index in [1.165, 1.54) is 23.2 Å². The van der Waals surface area contributed by atoms with Crippen molar-refractivity contribution in [2.75, 3.05) is 31.0 Å². The highest BCUT2D eigenvalue weighted by atomic mass is 32.1. The third-order valence-corrected chi connectivity index (χ3v) is 6.88. The van der Waals surface area contributed by atoms with Crippen molar-refractivity contribution in [2.24, 2.45) is 0 Å². The molecule has 1 atom stereocenters. The van der Waals surface area contributed by atoms with E-state index in [9.17, 15) is 19.2 Å². The van der Waals surface area contributed by atoms with Crippen LogP contribution in [0.5, 0.6) is 11.5 Å². The number of nitrogens with one attached hydrogen (secondary N) is 1. The molecule has 4 rings (SSSR count). The summed E-state index contributed by atoms with van der Waals surface area (Å²) in [5, 5.41) is 4.45. The van der Waals surface area contributed by atoms with Crippen LogP contribution in [0.3, 0.4) is 0 Å². The molecule has 0 aliphatic carbocycles. The van der Waals surface area contributed by atoms with E-state index in [-0.39, 0.29) is 24.8 Å². The molecule has 10 heteroatoms. The minimum absolute atomic E-state index is 0.116. The largest absolute Gasteiger partial charge is 0.493 e. The summed E-state index contributed by atoms with van der Waals surface area (Å²) in [5.74, 6) is -0.221. The van der Waals surface area contributed by atoms with Crippen LogP contribution >= 0.6 is 11.3 Å². The highest BCUT2D eigenvalue weighted by Gasteiger charge is 2.44. The van der Waals surface area contributed by atoms with Gasteiger partial charge in [0.25, 0.3) is 11.8 Å². The normalized spacial score (nSPS) is 15.0. The van der Waals surface area contributed by atoms with E-state index < -0.39 is 17.9 Å². The number of thiophene rings is 1. The molecule has 1 aromatic heterocycles. The molecule has 192 valence electrons. The number of hydrogen-bond acceptors (Lipinski definition) is 7. The van der Waals surface area contributed by atoms with Crippen molar-refractivity contribution in [3.05, 3.63) is 70.4 Å². The minimum atomic E-state index is -0.933. The topological polar surface area (TPSA) is 105 Å². The van der Waals surface area contributed by atoms with Gasteiger partial charge in [-0.05, 0) is 59.8 Å². The molecule has 1 unspecified atom stereocenters. The van der Waals surface area contributed by atoms with E-state index in [0.717, 1.165) is 10.5 Å². The van der Waals surface area contributed by atoms with E-state index in [4.69, 9.17) is 9.47 Å². The van der Waals surface area contributed by atoms with Crippen LogP contribution in [-0.2, 0) is 20.8 Å². The molecule has 0 radical (unpaired) electrons. The second kappa shape index (κ2) is 11.3. The number of anilines is 2. The van der Waals surface area contributed by atoms with Gasteiger partial charge in [-0.2, -0.15) is 0 Å². The molecule has 1 N–H and O–H groups in total. The van der Waals surface area contributed by atoms with Crippen molar-refractivity contribution in [1.82, 2.24) is 4.90 Å². The van der Waals surface area contributed by atoms with Crippen molar-refractivity contribution in [1.29, 1.82) is 0 Å². The molecule has 2 heterocycles. The maximum Gasteiger partial charge on any atom is 0.264 e. The fourth-order valence-electron chi connectivity index (χ4n) is 4.25. The molecule has 1 aliphatic heterocycles. The molecule has 1 fully saturated rings. The zero-order chi connectivity index (χ0) is 26.5. The molecule has 4 amide bonds. The molecule has 0 saturated carbocycles. The van der Waals surface area contributed by atoms with Crippen LogP contribution in [0.25, 0.3) is 0 Å². The maximum absolute atomic E-state index is 13.5. The molecular formula is C27H27N3O6S. The highest BCUT2D eigenvalue weighted by Crippen LogP contribution is 2.30. The SMILES string of the molecule is COc1ccc(CCN(C(=O)c2cccs2)C2CC(=O)N(c3ccc(NC(C)=O)cc3)C2=O)cc1OC. The third-order valence-electron chi connectivity index (χ3n) is 6.03. The van der Waals surface area contributed by atoms with Crippen LogP contribution in [0.1, 0.15) is 28.6 Å². The van der Waals surface area contributed by atoms with E-state index >= 15 is 0 Å². The van der Waals surface area contributed by atoms with Crippen molar-refractivity contribution in [3.8, 4) is 11.5 Å². The molecule has 1 aliphatic rings. The predicted molar refractivity (Wildman–Crippen MR) is 140 cm³/mol. The Morgan fingerprint density at radius 1 is 1.05 bits per heavy atom. The average Bonchev–Trinajstić information content (AvgIpc) is 3.52. The van der Waals surface area contributed by atoms with Crippen LogP contribution in [-0.4, -0.2) is 55.3 Å². The lowest BCUT2D eigenvalue weighted by Crippen LogP contribution is -2.46. The molecule has 2 aromatic carbocycles. The Hall–Kier alpha value is -4.18. The Kier molecular flexibility index (Phi) is 7.88. The van der Waals surface area contributed by atoms with Gasteiger partial charge in [-0.25, -0.2) is 4.90 Å². The average molecular weight is 522 g/mol. The van der Waals surface area contributed by atoms with Gasteiger partial charge < -0.3 is 19.7 Å². The zero-order valence-corrected chi connectivity index (χ0v) is 21.5. The van der Waals surface area contributed by atoms with Gasteiger partial charge in [0.05, 0.1) is 31.2 Å². The van der Waals surface area contributed by atoms with Crippen molar-refractivity contribution in [2.45, 2.75) is 25.8 Å². The Labute approximate surface area is 218 Å². The number of amides is 4. The molecule has 9 nitrogen and oxygen atoms in total. The van der Waals surface area contributed by atoms with Gasteiger partial charge in [0.1, 0.15) is 6.04 Å². The summed E-state index contributed by atoms with van der Waals surface area (Å²) < 4.78 is 10.7. The lowest BCUT2D eigenvalue weighted by Gasteiger charge is -2.27. The molecule has 3 aromatic rings. The number of carbonyl (C=O) groups is 4. The number of nitrogens with zero attached hydrogens (tertiary/aromatic N) is 2. The Morgan fingerprint density at radius 3 is 2.41 bits per heavy atom. The summed E-state index contributed by atoms with van der Waals surface area (Å²) in [5.41, 5.74) is 1.83. The van der Waals surface area contributed by atoms with E-state index in [1.807, 2.05) is 12.1 Å². The first-order valence-electron chi connectivity index (χ1n) is 11.6. The Balaban J connectivity index is 1.58. The van der Waals surface area contributed by atoms with Crippen LogP contribution in [0, 0.1) is 0 Å². The molecule has 0 bridgehead atoms. The van der Waals surface area contributed by atoms with Crippen LogP contribution in [0.4, 0.5) is 11.4 Å². The van der Waals surface area contributed by atoms with Gasteiger partial charge in [0.15, 0.2) is 11.5 Å². The Bertz CT molecular complexity index is 1310. The van der Waals surface area contributed by atoms with Crippen molar-refractivity contribution >= 4 is 46.3 Å². The number of hydrogen-bond donors (Lipinski definition) is 1. The lowest BCUT2D eigenvalue weighted by atomic mass is 10.1. The first-order chi connectivity index (χ1) is 17.8. The van der Waals surface area contributed by atoms with E-state index in [1.54, 1.807) is 62.1 Å². The second-order valence-corrected chi connectivity index (χ2v) is 9.38. The number of methoxy groups -OCH3 is 2. The van der Waals surface area contributed by atoms with Gasteiger partial charge in [0, 0.05) is 19.2 Å². The first kappa shape index (κ1) is 25.9. The summed E-state index contributed by atoms with van der Waals surface area (Å²) in [6.45, 7) is 1.62.